The van der Waals surface area contributed by atoms with Crippen molar-refractivity contribution in [2.45, 2.75) is 52.5 Å². The molecule has 1 aliphatic heterocycles. The molecule has 23 heavy (non-hydrogen) atoms. The quantitative estimate of drug-likeness (QED) is 0.854. The van der Waals surface area contributed by atoms with Gasteiger partial charge in [0, 0.05) is 25.8 Å². The monoisotopic (exact) mass is 320 g/mol. The largest absolute Gasteiger partial charge is 0.372 e. The number of carbonyl (C=O) groups is 1. The van der Waals surface area contributed by atoms with Gasteiger partial charge in [-0.15, -0.1) is 0 Å². The van der Waals surface area contributed by atoms with E-state index in [9.17, 15) is 4.79 Å². The molecule has 1 saturated heterocycles. The topological polar surface area (TPSA) is 80.5 Å². The highest BCUT2D eigenvalue weighted by atomic mass is 16.5. The van der Waals surface area contributed by atoms with Crippen molar-refractivity contribution >= 4 is 11.7 Å². The summed E-state index contributed by atoms with van der Waals surface area (Å²) in [5.74, 6) is 0.946. The minimum absolute atomic E-state index is 0.125. The third-order valence-corrected chi connectivity index (χ3v) is 4.04. The maximum atomic E-state index is 11.9. The lowest BCUT2D eigenvalue weighted by molar-refractivity contribution is -0.123. The summed E-state index contributed by atoms with van der Waals surface area (Å²) in [5.41, 5.74) is 6.79. The lowest BCUT2D eigenvalue weighted by Gasteiger charge is -2.36. The fourth-order valence-electron chi connectivity index (χ4n) is 2.68. The Bertz CT molecular complexity index is 508. The molecule has 1 aliphatic rings. The Morgan fingerprint density at radius 2 is 2.04 bits per heavy atom. The fraction of sp³-hybridized carbons (Fsp3) is 0.647. The first-order chi connectivity index (χ1) is 10.9. The van der Waals surface area contributed by atoms with Crippen LogP contribution in [-0.4, -0.2) is 42.2 Å². The highest BCUT2D eigenvalue weighted by Crippen LogP contribution is 2.18. The van der Waals surface area contributed by atoms with Gasteiger partial charge in [0.2, 0.25) is 5.91 Å². The molecule has 0 saturated carbocycles. The van der Waals surface area contributed by atoms with Crippen molar-refractivity contribution in [1.29, 1.82) is 0 Å². The Hall–Kier alpha value is -1.66. The van der Waals surface area contributed by atoms with Gasteiger partial charge in [0.1, 0.15) is 5.82 Å². The number of rotatable bonds is 5. The zero-order valence-corrected chi connectivity index (χ0v) is 14.5. The third-order valence-electron chi connectivity index (χ3n) is 4.04. The predicted octanol–water partition coefficient (Wildman–Crippen LogP) is 1.29. The first kappa shape index (κ1) is 17.7. The van der Waals surface area contributed by atoms with E-state index >= 15 is 0 Å². The molecule has 1 amide bonds. The van der Waals surface area contributed by atoms with Crippen LogP contribution in [0.2, 0.25) is 0 Å². The Kier molecular flexibility index (Phi) is 5.96. The van der Waals surface area contributed by atoms with E-state index in [1.54, 1.807) is 6.20 Å². The molecule has 3 N–H and O–H groups in total. The molecule has 1 aromatic heterocycles. The molecule has 128 valence electrons. The van der Waals surface area contributed by atoms with Crippen LogP contribution in [-0.2, 0) is 16.1 Å². The second-order valence-corrected chi connectivity index (χ2v) is 6.67. The van der Waals surface area contributed by atoms with Gasteiger partial charge in [0.05, 0.1) is 18.2 Å². The average Bonchev–Trinajstić information content (AvgIpc) is 2.51. The van der Waals surface area contributed by atoms with Crippen LogP contribution in [0.25, 0.3) is 0 Å². The predicted molar refractivity (Wildman–Crippen MR) is 91.1 cm³/mol. The number of amides is 1. The van der Waals surface area contributed by atoms with E-state index in [2.05, 4.69) is 29.0 Å². The highest BCUT2D eigenvalue weighted by molar-refractivity contribution is 5.81. The molecule has 3 atom stereocenters. The van der Waals surface area contributed by atoms with Crippen molar-refractivity contribution in [2.24, 2.45) is 11.7 Å². The summed E-state index contributed by atoms with van der Waals surface area (Å²) in [6.45, 7) is 10.2. The van der Waals surface area contributed by atoms with Crippen LogP contribution >= 0.6 is 0 Å². The Labute approximate surface area is 138 Å². The highest BCUT2D eigenvalue weighted by Gasteiger charge is 2.23. The molecule has 6 heteroatoms. The molecule has 2 heterocycles. The second-order valence-electron chi connectivity index (χ2n) is 6.67. The van der Waals surface area contributed by atoms with Gasteiger partial charge in [-0.05, 0) is 31.4 Å². The summed E-state index contributed by atoms with van der Waals surface area (Å²) in [6.07, 6.45) is 2.22. The van der Waals surface area contributed by atoms with Gasteiger partial charge in [0.25, 0.3) is 0 Å². The normalized spacial score (nSPS) is 23.0. The van der Waals surface area contributed by atoms with Gasteiger partial charge in [-0.1, -0.05) is 19.9 Å². The number of hydrogen-bond donors (Lipinski definition) is 2. The van der Waals surface area contributed by atoms with Crippen LogP contribution in [0.1, 0.15) is 33.3 Å². The molecule has 1 fully saturated rings. The van der Waals surface area contributed by atoms with Crippen LogP contribution in [0.4, 0.5) is 5.82 Å². The molecule has 0 spiro atoms. The first-order valence-electron chi connectivity index (χ1n) is 8.25. The van der Waals surface area contributed by atoms with Crippen molar-refractivity contribution < 1.29 is 9.53 Å². The number of hydrogen-bond acceptors (Lipinski definition) is 5. The molecule has 2 rings (SSSR count). The number of aromatic nitrogens is 1. The second kappa shape index (κ2) is 7.75. The molecule has 2 unspecified atom stereocenters. The number of nitrogens with zero attached hydrogens (tertiary/aromatic N) is 2. The van der Waals surface area contributed by atoms with Crippen LogP contribution in [0, 0.1) is 5.92 Å². The van der Waals surface area contributed by atoms with Gasteiger partial charge in [-0.2, -0.15) is 0 Å². The Balaban J connectivity index is 1.91. The van der Waals surface area contributed by atoms with Crippen molar-refractivity contribution in [3.8, 4) is 0 Å². The molecular formula is C17H28N4O2. The van der Waals surface area contributed by atoms with Crippen LogP contribution in [0.5, 0.6) is 0 Å². The van der Waals surface area contributed by atoms with Crippen LogP contribution < -0.4 is 16.0 Å². The van der Waals surface area contributed by atoms with Crippen molar-refractivity contribution in [3.05, 3.63) is 23.9 Å². The zero-order chi connectivity index (χ0) is 17.0. The Morgan fingerprint density at radius 1 is 1.39 bits per heavy atom. The van der Waals surface area contributed by atoms with Gasteiger partial charge >= 0.3 is 0 Å². The number of nitrogens with two attached hydrogens (primary N) is 1. The lowest BCUT2D eigenvalue weighted by atomic mass is 10.1. The molecule has 0 bridgehead atoms. The van der Waals surface area contributed by atoms with E-state index in [-0.39, 0.29) is 24.0 Å². The van der Waals surface area contributed by atoms with E-state index in [0.717, 1.165) is 24.5 Å². The van der Waals surface area contributed by atoms with Crippen LogP contribution in [0.3, 0.4) is 0 Å². The fourth-order valence-corrected chi connectivity index (χ4v) is 2.68. The number of morpholine rings is 1. The zero-order valence-electron chi connectivity index (χ0n) is 14.5. The molecule has 0 radical (unpaired) electrons. The van der Waals surface area contributed by atoms with Gasteiger partial charge < -0.3 is 20.7 Å². The third kappa shape index (κ3) is 4.91. The summed E-state index contributed by atoms with van der Waals surface area (Å²) < 4.78 is 5.74. The Morgan fingerprint density at radius 3 is 2.57 bits per heavy atom. The minimum atomic E-state index is -0.474. The number of nitrogens with one attached hydrogen (secondary N) is 1. The summed E-state index contributed by atoms with van der Waals surface area (Å²) in [6, 6.07) is 3.52. The van der Waals surface area contributed by atoms with Gasteiger partial charge in [-0.25, -0.2) is 4.98 Å². The number of carbonyl (C=O) groups excluding carboxylic acids is 1. The van der Waals surface area contributed by atoms with Gasteiger partial charge in [-0.3, -0.25) is 4.79 Å². The summed E-state index contributed by atoms with van der Waals surface area (Å²) in [7, 11) is 0. The van der Waals surface area contributed by atoms with Crippen LogP contribution in [0.15, 0.2) is 18.3 Å². The van der Waals surface area contributed by atoms with E-state index < -0.39 is 6.04 Å². The average molecular weight is 320 g/mol. The standard InChI is InChI=1S/C17H28N4O2/c1-11(2)16(18)17(22)20-8-14-5-6-15(19-7-14)21-9-12(3)23-13(4)10-21/h5-7,11-13,16H,8-10,18H2,1-4H3,(H,20,22)/t12?,13?,16-/m0/s1. The summed E-state index contributed by atoms with van der Waals surface area (Å²) in [5, 5.41) is 2.86. The van der Waals surface area contributed by atoms with E-state index in [4.69, 9.17) is 10.5 Å². The summed E-state index contributed by atoms with van der Waals surface area (Å²) in [4.78, 5) is 18.6. The van der Waals surface area contributed by atoms with Crippen molar-refractivity contribution in [2.75, 3.05) is 18.0 Å². The lowest BCUT2D eigenvalue weighted by Crippen LogP contribution is -2.45. The number of pyridine rings is 1. The van der Waals surface area contributed by atoms with E-state index in [0.29, 0.717) is 6.54 Å². The minimum Gasteiger partial charge on any atom is -0.372 e. The SMILES string of the molecule is CC1CN(c2ccc(CNC(=O)[C@@H](N)C(C)C)cn2)CC(C)O1. The molecule has 6 nitrogen and oxygen atoms in total. The maximum Gasteiger partial charge on any atom is 0.237 e. The van der Waals surface area contributed by atoms with E-state index in [1.807, 2.05) is 26.0 Å². The van der Waals surface area contributed by atoms with Crippen molar-refractivity contribution in [3.63, 3.8) is 0 Å². The first-order valence-corrected chi connectivity index (χ1v) is 8.25. The maximum absolute atomic E-state index is 11.9. The number of anilines is 1. The van der Waals surface area contributed by atoms with E-state index in [1.165, 1.54) is 0 Å². The molecule has 0 aliphatic carbocycles. The summed E-state index contributed by atoms with van der Waals surface area (Å²) >= 11 is 0. The molecule has 0 aromatic carbocycles. The van der Waals surface area contributed by atoms with Gasteiger partial charge in [0.15, 0.2) is 0 Å². The molecule has 1 aromatic rings. The number of ether oxygens (including phenoxy) is 1. The molecular weight excluding hydrogens is 292 g/mol. The van der Waals surface area contributed by atoms with Crippen molar-refractivity contribution in [1.82, 2.24) is 10.3 Å². The smallest absolute Gasteiger partial charge is 0.237 e.